The summed E-state index contributed by atoms with van der Waals surface area (Å²) in [4.78, 5) is 21.8. The minimum absolute atomic E-state index is 0.000596. The van der Waals surface area contributed by atoms with Crippen LogP contribution in [0.2, 0.25) is 0 Å². The van der Waals surface area contributed by atoms with Crippen molar-refractivity contribution in [2.24, 2.45) is 5.14 Å². The van der Waals surface area contributed by atoms with E-state index in [1.165, 1.54) is 48.6 Å². The van der Waals surface area contributed by atoms with Gasteiger partial charge in [-0.25, -0.2) is 13.6 Å². The van der Waals surface area contributed by atoms with Gasteiger partial charge in [-0.3, -0.25) is 14.9 Å². The van der Waals surface area contributed by atoms with Crippen molar-refractivity contribution in [2.45, 2.75) is 11.4 Å². The van der Waals surface area contributed by atoms with Gasteiger partial charge >= 0.3 is 0 Å². The van der Waals surface area contributed by atoms with Gasteiger partial charge in [-0.2, -0.15) is 0 Å². The number of non-ortho nitro benzene ring substituents is 1. The lowest BCUT2D eigenvalue weighted by Gasteiger charge is -2.04. The summed E-state index contributed by atoms with van der Waals surface area (Å²) < 4.78 is 22.3. The van der Waals surface area contributed by atoms with Crippen molar-refractivity contribution < 1.29 is 18.1 Å². The summed E-state index contributed by atoms with van der Waals surface area (Å²) in [5, 5.41) is 18.2. The average Bonchev–Trinajstić information content (AvgIpc) is 2.58. The number of sulfonamides is 1. The van der Waals surface area contributed by atoms with Gasteiger partial charge in [-0.1, -0.05) is 12.1 Å². The molecule has 0 aliphatic carbocycles. The first-order chi connectivity index (χ1) is 11.8. The smallest absolute Gasteiger partial charge is 0.269 e. The fourth-order valence-corrected chi connectivity index (χ4v) is 2.44. The van der Waals surface area contributed by atoms with Crippen molar-refractivity contribution in [3.05, 3.63) is 75.8 Å². The number of carbonyl (C=O) groups excluding carboxylic acids is 1. The highest BCUT2D eigenvalue weighted by Crippen LogP contribution is 2.13. The number of amides is 1. The van der Waals surface area contributed by atoms with Crippen LogP contribution >= 0.6 is 0 Å². The van der Waals surface area contributed by atoms with Crippen LogP contribution < -0.4 is 10.5 Å². The summed E-state index contributed by atoms with van der Waals surface area (Å²) in [6.45, 7) is 0.217. The molecule has 2 aromatic carbocycles. The monoisotopic (exact) mass is 361 g/mol. The first-order valence-corrected chi connectivity index (χ1v) is 8.62. The standard InChI is InChI=1S/C16H15N3O5S/c17-25(23,24)15-8-3-13(4-9-15)11-18-16(20)10-5-12-1-6-14(7-2-12)19(21)22/h1-10H,11H2,(H,18,20)(H2,17,23,24)/b10-5+. The number of carbonyl (C=O) groups is 1. The fraction of sp³-hybridized carbons (Fsp3) is 0.0625. The second-order valence-electron chi connectivity index (χ2n) is 5.09. The number of nitrogens with one attached hydrogen (secondary N) is 1. The van der Waals surface area contributed by atoms with Crippen molar-refractivity contribution >= 4 is 27.7 Å². The number of nitro groups is 1. The van der Waals surface area contributed by atoms with Crippen LogP contribution in [0.5, 0.6) is 0 Å². The summed E-state index contributed by atoms with van der Waals surface area (Å²) >= 11 is 0. The number of nitrogens with two attached hydrogens (primary N) is 1. The zero-order valence-electron chi connectivity index (χ0n) is 13.0. The number of benzene rings is 2. The van der Waals surface area contributed by atoms with Crippen molar-refractivity contribution in [2.75, 3.05) is 0 Å². The van der Waals surface area contributed by atoms with Crippen molar-refractivity contribution in [1.82, 2.24) is 5.32 Å². The van der Waals surface area contributed by atoms with Crippen LogP contribution in [0.3, 0.4) is 0 Å². The van der Waals surface area contributed by atoms with Crippen LogP contribution in [-0.2, 0) is 21.4 Å². The summed E-state index contributed by atoms with van der Waals surface area (Å²) in [6, 6.07) is 11.6. The maximum Gasteiger partial charge on any atom is 0.269 e. The molecule has 0 atom stereocenters. The highest BCUT2D eigenvalue weighted by atomic mass is 32.2. The number of hydrogen-bond acceptors (Lipinski definition) is 5. The Hall–Kier alpha value is -3.04. The molecule has 0 spiro atoms. The van der Waals surface area contributed by atoms with Crippen LogP contribution in [-0.4, -0.2) is 19.2 Å². The van der Waals surface area contributed by atoms with E-state index in [1.54, 1.807) is 12.1 Å². The van der Waals surface area contributed by atoms with Crippen molar-refractivity contribution in [3.8, 4) is 0 Å². The first kappa shape index (κ1) is 18.3. The van der Waals surface area contributed by atoms with Crippen LogP contribution in [0.4, 0.5) is 5.69 Å². The maximum absolute atomic E-state index is 11.8. The molecule has 8 nitrogen and oxygen atoms in total. The van der Waals surface area contributed by atoms with Gasteiger partial charge in [0.15, 0.2) is 0 Å². The van der Waals surface area contributed by atoms with Crippen molar-refractivity contribution in [3.63, 3.8) is 0 Å². The number of nitrogens with zero attached hydrogens (tertiary/aromatic N) is 1. The lowest BCUT2D eigenvalue weighted by atomic mass is 10.2. The second kappa shape index (κ2) is 7.69. The van der Waals surface area contributed by atoms with Gasteiger partial charge < -0.3 is 5.32 Å². The van der Waals surface area contributed by atoms with E-state index < -0.39 is 14.9 Å². The molecule has 2 rings (SSSR count). The highest BCUT2D eigenvalue weighted by Gasteiger charge is 2.07. The number of nitro benzene ring substituents is 1. The van der Waals surface area contributed by atoms with Gasteiger partial charge in [0.2, 0.25) is 15.9 Å². The third kappa shape index (κ3) is 5.52. The molecule has 0 heterocycles. The number of primary sulfonamides is 1. The lowest BCUT2D eigenvalue weighted by Crippen LogP contribution is -2.20. The predicted octanol–water partition coefficient (Wildman–Crippen LogP) is 1.57. The minimum Gasteiger partial charge on any atom is -0.348 e. The predicted molar refractivity (Wildman–Crippen MR) is 91.8 cm³/mol. The zero-order chi connectivity index (χ0) is 18.4. The molecule has 0 aliphatic heterocycles. The van der Waals surface area contributed by atoms with E-state index >= 15 is 0 Å². The van der Waals surface area contributed by atoms with E-state index in [2.05, 4.69) is 5.32 Å². The number of rotatable bonds is 6. The molecule has 0 aromatic heterocycles. The quantitative estimate of drug-likeness (QED) is 0.458. The zero-order valence-corrected chi connectivity index (χ0v) is 13.8. The maximum atomic E-state index is 11.8. The first-order valence-electron chi connectivity index (χ1n) is 7.08. The van der Waals surface area contributed by atoms with E-state index in [0.717, 1.165) is 0 Å². The second-order valence-corrected chi connectivity index (χ2v) is 6.65. The molecule has 1 amide bonds. The van der Waals surface area contributed by atoms with E-state index in [9.17, 15) is 23.3 Å². The highest BCUT2D eigenvalue weighted by molar-refractivity contribution is 7.89. The Bertz CT molecular complexity index is 904. The molecule has 0 aliphatic rings. The molecule has 0 saturated carbocycles. The van der Waals surface area contributed by atoms with E-state index in [0.29, 0.717) is 11.1 Å². The Morgan fingerprint density at radius 2 is 1.72 bits per heavy atom. The molecule has 0 radical (unpaired) electrons. The van der Waals surface area contributed by atoms with E-state index in [-0.39, 0.29) is 23.0 Å². The molecule has 25 heavy (non-hydrogen) atoms. The Morgan fingerprint density at radius 1 is 1.12 bits per heavy atom. The molecular weight excluding hydrogens is 346 g/mol. The molecule has 0 fully saturated rings. The molecule has 3 N–H and O–H groups in total. The Morgan fingerprint density at radius 3 is 2.24 bits per heavy atom. The molecule has 0 bridgehead atoms. The molecule has 9 heteroatoms. The normalized spacial score (nSPS) is 11.4. The largest absolute Gasteiger partial charge is 0.348 e. The molecular formula is C16H15N3O5S. The summed E-state index contributed by atoms with van der Waals surface area (Å²) in [5.74, 6) is -0.353. The van der Waals surface area contributed by atoms with Gasteiger partial charge in [-0.05, 0) is 41.5 Å². The van der Waals surface area contributed by atoms with Gasteiger partial charge in [0.05, 0.1) is 9.82 Å². The SMILES string of the molecule is NS(=O)(=O)c1ccc(CNC(=O)/C=C/c2ccc([N+](=O)[O-])cc2)cc1. The van der Waals surface area contributed by atoms with Gasteiger partial charge in [0.25, 0.3) is 5.69 Å². The summed E-state index contributed by atoms with van der Waals surface area (Å²) in [5.41, 5.74) is 1.34. The van der Waals surface area contributed by atoms with Crippen molar-refractivity contribution in [1.29, 1.82) is 0 Å². The van der Waals surface area contributed by atoms with Gasteiger partial charge in [0, 0.05) is 24.8 Å². The summed E-state index contributed by atoms with van der Waals surface area (Å²) in [7, 11) is -3.74. The summed E-state index contributed by atoms with van der Waals surface area (Å²) in [6.07, 6.45) is 2.84. The Balaban J connectivity index is 1.90. The fourth-order valence-electron chi connectivity index (χ4n) is 1.92. The Kier molecular flexibility index (Phi) is 5.63. The van der Waals surface area contributed by atoms with Gasteiger partial charge in [-0.15, -0.1) is 0 Å². The van der Waals surface area contributed by atoms with Gasteiger partial charge in [0.1, 0.15) is 0 Å². The van der Waals surface area contributed by atoms with E-state index in [4.69, 9.17) is 5.14 Å². The lowest BCUT2D eigenvalue weighted by molar-refractivity contribution is -0.384. The van der Waals surface area contributed by atoms with Crippen LogP contribution in [0.25, 0.3) is 6.08 Å². The third-order valence-electron chi connectivity index (χ3n) is 3.25. The van der Waals surface area contributed by atoms with Crippen LogP contribution in [0.1, 0.15) is 11.1 Å². The average molecular weight is 361 g/mol. The van der Waals surface area contributed by atoms with Crippen LogP contribution in [0, 0.1) is 10.1 Å². The molecule has 0 unspecified atom stereocenters. The molecule has 0 saturated heterocycles. The minimum atomic E-state index is -3.74. The molecule has 2 aromatic rings. The third-order valence-corrected chi connectivity index (χ3v) is 4.18. The van der Waals surface area contributed by atoms with E-state index in [1.807, 2.05) is 0 Å². The Labute approximate surface area is 144 Å². The molecule has 130 valence electrons. The topological polar surface area (TPSA) is 132 Å². The van der Waals surface area contributed by atoms with Crippen LogP contribution in [0.15, 0.2) is 59.5 Å². The number of hydrogen-bond donors (Lipinski definition) is 2.